The average Bonchev–Trinajstić information content (AvgIpc) is 3.52. The van der Waals surface area contributed by atoms with Crippen molar-refractivity contribution < 1.29 is 13.2 Å². The standard InChI is InChI=1S/C23H22ClN5O3S2/c1-14-8-10-16(11-9-14)34(31,32)28-12-4-6-18(28)22(30)25-20-13-15(2)27-29(20)23-26-21-17(24)5-3-7-19(21)33-23/h3,5,7-11,13,18H,4,6,12H2,1-2H3,(H,25,30). The fraction of sp³-hybridized carbons (Fsp3) is 0.261. The van der Waals surface area contributed by atoms with E-state index in [-0.39, 0.29) is 4.90 Å². The predicted molar refractivity (Wildman–Crippen MR) is 133 cm³/mol. The number of carbonyl (C=O) groups is 1. The van der Waals surface area contributed by atoms with E-state index < -0.39 is 22.0 Å². The maximum absolute atomic E-state index is 13.3. The van der Waals surface area contributed by atoms with Crippen LogP contribution in [0.4, 0.5) is 5.82 Å². The van der Waals surface area contributed by atoms with Crippen LogP contribution in [0.2, 0.25) is 5.02 Å². The summed E-state index contributed by atoms with van der Waals surface area (Å²) in [7, 11) is -3.80. The molecule has 0 bridgehead atoms. The molecule has 1 atom stereocenters. The second kappa shape index (κ2) is 8.77. The predicted octanol–water partition coefficient (Wildman–Crippen LogP) is 4.54. The van der Waals surface area contributed by atoms with Gasteiger partial charge in [0.25, 0.3) is 0 Å². The van der Waals surface area contributed by atoms with Gasteiger partial charge in [-0.1, -0.05) is 46.7 Å². The number of carbonyl (C=O) groups excluding carboxylic acids is 1. The molecule has 1 unspecified atom stereocenters. The molecule has 0 radical (unpaired) electrons. The van der Waals surface area contributed by atoms with E-state index in [2.05, 4.69) is 15.4 Å². The van der Waals surface area contributed by atoms with Crippen LogP contribution in [0, 0.1) is 13.8 Å². The molecule has 1 aliphatic heterocycles. The lowest BCUT2D eigenvalue weighted by Crippen LogP contribution is -2.43. The molecule has 0 spiro atoms. The molecule has 0 aliphatic carbocycles. The highest BCUT2D eigenvalue weighted by atomic mass is 35.5. The second-order valence-electron chi connectivity index (χ2n) is 8.24. The Morgan fingerprint density at radius 1 is 1.18 bits per heavy atom. The molecule has 34 heavy (non-hydrogen) atoms. The Hall–Kier alpha value is -2.79. The van der Waals surface area contributed by atoms with Crippen molar-refractivity contribution in [3.8, 4) is 5.13 Å². The first-order valence-corrected chi connectivity index (χ1v) is 13.4. The number of aromatic nitrogens is 3. The van der Waals surface area contributed by atoms with Crippen molar-refractivity contribution in [2.45, 2.75) is 37.6 Å². The Morgan fingerprint density at radius 3 is 2.68 bits per heavy atom. The lowest BCUT2D eigenvalue weighted by atomic mass is 10.2. The summed E-state index contributed by atoms with van der Waals surface area (Å²) in [5, 5.41) is 8.46. The monoisotopic (exact) mass is 515 g/mol. The number of hydrogen-bond donors (Lipinski definition) is 1. The molecule has 1 fully saturated rings. The Morgan fingerprint density at radius 2 is 1.94 bits per heavy atom. The van der Waals surface area contributed by atoms with Gasteiger partial charge in [-0.2, -0.15) is 14.1 Å². The number of hydrogen-bond acceptors (Lipinski definition) is 6. The van der Waals surface area contributed by atoms with E-state index in [0.29, 0.717) is 46.6 Å². The minimum Gasteiger partial charge on any atom is -0.309 e. The van der Waals surface area contributed by atoms with Crippen LogP contribution in [0.5, 0.6) is 0 Å². The molecule has 5 rings (SSSR count). The van der Waals surface area contributed by atoms with Gasteiger partial charge in [-0.3, -0.25) is 4.79 Å². The first-order valence-electron chi connectivity index (χ1n) is 10.8. The van der Waals surface area contributed by atoms with Gasteiger partial charge < -0.3 is 5.32 Å². The zero-order chi connectivity index (χ0) is 24.0. The normalized spacial score (nSPS) is 16.9. The number of fused-ring (bicyclic) bond motifs is 1. The van der Waals surface area contributed by atoms with Gasteiger partial charge in [0.1, 0.15) is 17.4 Å². The van der Waals surface area contributed by atoms with Crippen molar-refractivity contribution in [1.29, 1.82) is 0 Å². The molecule has 2 aromatic carbocycles. The average molecular weight is 516 g/mol. The Kier molecular flexibility index (Phi) is 5.93. The van der Waals surface area contributed by atoms with Crippen molar-refractivity contribution in [3.63, 3.8) is 0 Å². The summed E-state index contributed by atoms with van der Waals surface area (Å²) in [5.74, 6) is 0.0331. The third-order valence-corrected chi connectivity index (χ3v) is 8.98. The summed E-state index contributed by atoms with van der Waals surface area (Å²) in [6.45, 7) is 4.01. The van der Waals surface area contributed by atoms with Gasteiger partial charge >= 0.3 is 0 Å². The molecular formula is C23H22ClN5O3S2. The highest BCUT2D eigenvalue weighted by molar-refractivity contribution is 7.89. The number of nitrogens with one attached hydrogen (secondary N) is 1. The van der Waals surface area contributed by atoms with E-state index in [1.807, 2.05) is 26.0 Å². The molecule has 1 saturated heterocycles. The largest absolute Gasteiger partial charge is 0.309 e. The number of sulfonamides is 1. The van der Waals surface area contributed by atoms with Crippen molar-refractivity contribution >= 4 is 54.9 Å². The van der Waals surface area contributed by atoms with E-state index in [0.717, 1.165) is 10.3 Å². The van der Waals surface area contributed by atoms with Gasteiger partial charge in [0.15, 0.2) is 0 Å². The highest BCUT2D eigenvalue weighted by Crippen LogP contribution is 2.32. The molecule has 11 heteroatoms. The topological polar surface area (TPSA) is 97.2 Å². The van der Waals surface area contributed by atoms with Crippen LogP contribution in [0.3, 0.4) is 0 Å². The molecule has 176 valence electrons. The molecule has 4 aromatic rings. The van der Waals surface area contributed by atoms with E-state index in [4.69, 9.17) is 11.6 Å². The molecule has 1 amide bonds. The fourth-order valence-electron chi connectivity index (χ4n) is 4.07. The fourth-order valence-corrected chi connectivity index (χ4v) is 6.96. The Bertz CT molecular complexity index is 1490. The first kappa shape index (κ1) is 23.0. The number of benzene rings is 2. The number of thiazole rings is 1. The number of amides is 1. The number of para-hydroxylation sites is 1. The third kappa shape index (κ3) is 4.11. The maximum atomic E-state index is 13.3. The van der Waals surface area contributed by atoms with E-state index >= 15 is 0 Å². The Labute approximate surface area is 206 Å². The number of rotatable bonds is 5. The van der Waals surface area contributed by atoms with Crippen molar-refractivity contribution in [2.24, 2.45) is 0 Å². The summed E-state index contributed by atoms with van der Waals surface area (Å²) in [6, 6.07) is 13.1. The highest BCUT2D eigenvalue weighted by Gasteiger charge is 2.39. The van der Waals surface area contributed by atoms with E-state index in [1.54, 1.807) is 41.1 Å². The number of aryl methyl sites for hydroxylation is 2. The molecular weight excluding hydrogens is 494 g/mol. The summed E-state index contributed by atoms with van der Waals surface area (Å²) in [5.41, 5.74) is 2.33. The minimum atomic E-state index is -3.80. The van der Waals surface area contributed by atoms with E-state index in [9.17, 15) is 13.2 Å². The van der Waals surface area contributed by atoms with Crippen molar-refractivity contribution in [2.75, 3.05) is 11.9 Å². The lowest BCUT2D eigenvalue weighted by molar-refractivity contribution is -0.119. The summed E-state index contributed by atoms with van der Waals surface area (Å²) in [6.07, 6.45) is 1.05. The molecule has 2 aromatic heterocycles. The van der Waals surface area contributed by atoms with Crippen molar-refractivity contribution in [3.05, 3.63) is 64.8 Å². The SMILES string of the molecule is Cc1ccc(S(=O)(=O)N2CCCC2C(=O)Nc2cc(C)nn2-c2nc3c(Cl)cccc3s2)cc1. The van der Waals surface area contributed by atoms with Crippen LogP contribution < -0.4 is 5.32 Å². The van der Waals surface area contributed by atoms with Crippen LogP contribution in [0.25, 0.3) is 15.3 Å². The van der Waals surface area contributed by atoms with Gasteiger partial charge in [-0.15, -0.1) is 0 Å². The van der Waals surface area contributed by atoms with Crippen molar-refractivity contribution in [1.82, 2.24) is 19.1 Å². The minimum absolute atomic E-state index is 0.185. The smallest absolute Gasteiger partial charge is 0.243 e. The van der Waals surface area contributed by atoms with Crippen LogP contribution in [-0.4, -0.2) is 46.0 Å². The zero-order valence-electron chi connectivity index (χ0n) is 18.5. The first-order chi connectivity index (χ1) is 16.2. The number of anilines is 1. The van der Waals surface area contributed by atoms with Crippen LogP contribution >= 0.6 is 22.9 Å². The van der Waals surface area contributed by atoms with Gasteiger partial charge in [0.05, 0.1) is 20.3 Å². The van der Waals surface area contributed by atoms with Gasteiger partial charge in [-0.25, -0.2) is 13.4 Å². The summed E-state index contributed by atoms with van der Waals surface area (Å²) >= 11 is 7.68. The Balaban J connectivity index is 1.43. The van der Waals surface area contributed by atoms with Gasteiger partial charge in [-0.05, 0) is 51.0 Å². The van der Waals surface area contributed by atoms with Crippen LogP contribution in [-0.2, 0) is 14.8 Å². The molecule has 8 nitrogen and oxygen atoms in total. The van der Waals surface area contributed by atoms with Crippen LogP contribution in [0.15, 0.2) is 53.4 Å². The maximum Gasteiger partial charge on any atom is 0.243 e. The summed E-state index contributed by atoms with van der Waals surface area (Å²) in [4.78, 5) is 18.1. The molecule has 3 heterocycles. The van der Waals surface area contributed by atoms with Crippen LogP contribution in [0.1, 0.15) is 24.1 Å². The third-order valence-electron chi connectivity index (χ3n) is 5.76. The second-order valence-corrected chi connectivity index (χ2v) is 11.5. The van der Waals surface area contributed by atoms with Gasteiger partial charge in [0, 0.05) is 12.6 Å². The summed E-state index contributed by atoms with van der Waals surface area (Å²) < 4.78 is 30.2. The lowest BCUT2D eigenvalue weighted by Gasteiger charge is -2.23. The zero-order valence-corrected chi connectivity index (χ0v) is 20.9. The molecule has 1 N–H and O–H groups in total. The van der Waals surface area contributed by atoms with Gasteiger partial charge in [0.2, 0.25) is 21.1 Å². The molecule has 1 aliphatic rings. The van der Waals surface area contributed by atoms with E-state index in [1.165, 1.54) is 15.6 Å². The molecule has 0 saturated carbocycles. The number of nitrogens with zero attached hydrogens (tertiary/aromatic N) is 4. The number of halogens is 1. The quantitative estimate of drug-likeness (QED) is 0.420.